The maximum absolute atomic E-state index is 5.38. The quantitative estimate of drug-likeness (QED) is 0.740. The summed E-state index contributed by atoms with van der Waals surface area (Å²) in [6.07, 6.45) is 4.21. The molecule has 0 saturated heterocycles. The molecule has 1 heterocycles. The van der Waals surface area contributed by atoms with Gasteiger partial charge in [-0.15, -0.1) is 0 Å². The minimum atomic E-state index is -1.47. The SMILES string of the molecule is CCCC1=CS(=S)(=S)C(CCC)=N1. The molecule has 0 atom stereocenters. The Morgan fingerprint density at radius 1 is 1.23 bits per heavy atom. The van der Waals surface area contributed by atoms with Gasteiger partial charge in [0.1, 0.15) is 0 Å². The lowest BCUT2D eigenvalue weighted by atomic mass is 10.3. The fourth-order valence-electron chi connectivity index (χ4n) is 1.28. The van der Waals surface area contributed by atoms with E-state index in [1.54, 1.807) is 0 Å². The van der Waals surface area contributed by atoms with E-state index in [0.29, 0.717) is 0 Å². The fourth-order valence-corrected chi connectivity index (χ4v) is 4.07. The van der Waals surface area contributed by atoms with Crippen molar-refractivity contribution in [3.05, 3.63) is 11.1 Å². The summed E-state index contributed by atoms with van der Waals surface area (Å²) in [5.74, 6) is 0. The van der Waals surface area contributed by atoms with E-state index in [9.17, 15) is 0 Å². The van der Waals surface area contributed by atoms with Gasteiger partial charge >= 0.3 is 0 Å². The minimum Gasteiger partial charge on any atom is -0.250 e. The molecule has 0 aromatic heterocycles. The van der Waals surface area contributed by atoms with Gasteiger partial charge < -0.3 is 0 Å². The first-order valence-corrected chi connectivity index (χ1v) is 8.18. The van der Waals surface area contributed by atoms with Gasteiger partial charge in [-0.25, -0.2) is 4.99 Å². The number of nitrogens with zero attached hydrogens (tertiary/aromatic N) is 1. The molecule has 0 radical (unpaired) electrons. The molecule has 1 rings (SSSR count). The van der Waals surface area contributed by atoms with Crippen molar-refractivity contribution in [2.24, 2.45) is 4.99 Å². The molecule has 4 heteroatoms. The molecule has 0 bridgehead atoms. The Kier molecular flexibility index (Phi) is 4.01. The van der Waals surface area contributed by atoms with Crippen LogP contribution in [0.3, 0.4) is 0 Å². The summed E-state index contributed by atoms with van der Waals surface area (Å²) in [5.41, 5.74) is 1.13. The summed E-state index contributed by atoms with van der Waals surface area (Å²) in [6.45, 7) is 4.29. The van der Waals surface area contributed by atoms with Gasteiger partial charge in [0.2, 0.25) is 0 Å². The van der Waals surface area contributed by atoms with Crippen LogP contribution in [0.5, 0.6) is 0 Å². The average Bonchev–Trinajstić information content (AvgIpc) is 2.28. The van der Waals surface area contributed by atoms with Gasteiger partial charge in [0.05, 0.1) is 5.04 Å². The summed E-state index contributed by atoms with van der Waals surface area (Å²) in [7, 11) is -1.47. The smallest absolute Gasteiger partial charge is 0.0854 e. The minimum absolute atomic E-state index is 0.978. The topological polar surface area (TPSA) is 12.4 Å². The van der Waals surface area contributed by atoms with Crippen molar-refractivity contribution >= 4 is 34.6 Å². The van der Waals surface area contributed by atoms with Gasteiger partial charge in [0.25, 0.3) is 0 Å². The molecular formula is C9H15NS3. The lowest BCUT2D eigenvalue weighted by Gasteiger charge is -2.00. The standard InChI is InChI=1S/C9H15NS3/c1-3-5-8-7-13(11,12)9(10-8)6-4-2/h7H,3-6H2,1-2H3. The molecule has 0 unspecified atom stereocenters. The fraction of sp³-hybridized carbons (Fsp3) is 0.667. The maximum Gasteiger partial charge on any atom is 0.0854 e. The monoisotopic (exact) mass is 233 g/mol. The summed E-state index contributed by atoms with van der Waals surface area (Å²) in [4.78, 5) is 4.53. The van der Waals surface area contributed by atoms with Crippen LogP contribution in [0.15, 0.2) is 16.1 Å². The van der Waals surface area contributed by atoms with E-state index in [1.165, 1.54) is 0 Å². The van der Waals surface area contributed by atoms with Crippen LogP contribution in [0, 0.1) is 0 Å². The largest absolute Gasteiger partial charge is 0.250 e. The van der Waals surface area contributed by atoms with Gasteiger partial charge in [0.15, 0.2) is 0 Å². The van der Waals surface area contributed by atoms with E-state index in [4.69, 9.17) is 22.4 Å². The molecule has 1 nitrogen and oxygen atoms in total. The zero-order valence-corrected chi connectivity index (χ0v) is 10.5. The summed E-state index contributed by atoms with van der Waals surface area (Å²) in [6, 6.07) is 0. The Balaban J connectivity index is 2.85. The molecule has 0 spiro atoms. The van der Waals surface area contributed by atoms with Crippen molar-refractivity contribution in [2.75, 3.05) is 0 Å². The summed E-state index contributed by atoms with van der Waals surface area (Å²) in [5, 5.41) is 3.13. The van der Waals surface area contributed by atoms with Crippen LogP contribution in [0.2, 0.25) is 0 Å². The molecule has 0 N–H and O–H groups in total. The highest BCUT2D eigenvalue weighted by Gasteiger charge is 2.16. The highest BCUT2D eigenvalue weighted by molar-refractivity contribution is 8.64. The maximum atomic E-state index is 5.38. The molecule has 0 aliphatic carbocycles. The zero-order chi connectivity index (χ0) is 9.90. The molecule has 0 fully saturated rings. The number of rotatable bonds is 4. The Labute approximate surface area is 90.1 Å². The second-order valence-electron chi connectivity index (χ2n) is 3.16. The molecule has 0 aromatic carbocycles. The van der Waals surface area contributed by atoms with Crippen molar-refractivity contribution in [3.8, 4) is 0 Å². The summed E-state index contributed by atoms with van der Waals surface area (Å²) < 4.78 is 0. The first-order chi connectivity index (χ1) is 6.10. The van der Waals surface area contributed by atoms with Crippen molar-refractivity contribution in [2.45, 2.75) is 39.5 Å². The molecule has 1 aliphatic rings. The van der Waals surface area contributed by atoms with Gasteiger partial charge in [-0.1, -0.05) is 26.7 Å². The van der Waals surface area contributed by atoms with Gasteiger partial charge in [0, 0.05) is 11.1 Å². The number of hydrogen-bond acceptors (Lipinski definition) is 3. The lowest BCUT2D eigenvalue weighted by molar-refractivity contribution is 0.895. The molecule has 74 valence electrons. The van der Waals surface area contributed by atoms with Crippen molar-refractivity contribution in [3.63, 3.8) is 0 Å². The third-order valence-corrected chi connectivity index (χ3v) is 5.12. The first kappa shape index (κ1) is 11.3. The predicted octanol–water partition coefficient (Wildman–Crippen LogP) is 2.92. The van der Waals surface area contributed by atoms with Crippen LogP contribution in [0.4, 0.5) is 0 Å². The molecule has 1 aliphatic heterocycles. The lowest BCUT2D eigenvalue weighted by Crippen LogP contribution is -2.04. The van der Waals surface area contributed by atoms with Crippen molar-refractivity contribution in [1.82, 2.24) is 0 Å². The number of allylic oxidation sites excluding steroid dienone is 1. The van der Waals surface area contributed by atoms with E-state index < -0.39 is 7.15 Å². The molecule has 0 saturated carbocycles. The second-order valence-corrected chi connectivity index (χ2v) is 8.74. The van der Waals surface area contributed by atoms with Crippen LogP contribution < -0.4 is 0 Å². The highest BCUT2D eigenvalue weighted by Crippen LogP contribution is 2.21. The van der Waals surface area contributed by atoms with Gasteiger partial charge in [-0.3, -0.25) is 0 Å². The van der Waals surface area contributed by atoms with Crippen LogP contribution in [-0.2, 0) is 29.5 Å². The molecule has 13 heavy (non-hydrogen) atoms. The molecule has 0 aromatic rings. The van der Waals surface area contributed by atoms with Crippen molar-refractivity contribution < 1.29 is 0 Å². The Morgan fingerprint density at radius 2 is 1.85 bits per heavy atom. The number of hydrogen-bond donors (Lipinski definition) is 0. The van der Waals surface area contributed by atoms with Gasteiger partial charge in [-0.05, 0) is 42.4 Å². The Morgan fingerprint density at radius 3 is 2.38 bits per heavy atom. The van der Waals surface area contributed by atoms with Crippen LogP contribution >= 0.6 is 0 Å². The van der Waals surface area contributed by atoms with E-state index in [-0.39, 0.29) is 0 Å². The molecule has 0 amide bonds. The van der Waals surface area contributed by atoms with E-state index >= 15 is 0 Å². The second kappa shape index (κ2) is 4.62. The van der Waals surface area contributed by atoms with Gasteiger partial charge in [-0.2, -0.15) is 0 Å². The third kappa shape index (κ3) is 2.82. The third-order valence-electron chi connectivity index (χ3n) is 1.86. The zero-order valence-electron chi connectivity index (χ0n) is 8.08. The van der Waals surface area contributed by atoms with E-state index in [0.717, 1.165) is 36.4 Å². The average molecular weight is 233 g/mol. The van der Waals surface area contributed by atoms with Crippen LogP contribution in [0.25, 0.3) is 0 Å². The van der Waals surface area contributed by atoms with E-state index in [1.807, 2.05) is 5.41 Å². The van der Waals surface area contributed by atoms with E-state index in [2.05, 4.69) is 18.8 Å². The predicted molar refractivity (Wildman–Crippen MR) is 67.4 cm³/mol. The highest BCUT2D eigenvalue weighted by atomic mass is 33.1. The summed E-state index contributed by atoms with van der Waals surface area (Å²) >= 11 is 10.8. The normalized spacial score (nSPS) is 19.8. The first-order valence-electron chi connectivity index (χ1n) is 4.63. The van der Waals surface area contributed by atoms with Crippen LogP contribution in [0.1, 0.15) is 39.5 Å². The van der Waals surface area contributed by atoms with Crippen molar-refractivity contribution in [1.29, 1.82) is 0 Å². The Bertz CT molecular complexity index is 336. The Hall–Kier alpha value is 0.200. The molecular weight excluding hydrogens is 218 g/mol. The van der Waals surface area contributed by atoms with Crippen LogP contribution in [-0.4, -0.2) is 5.04 Å². The number of aliphatic imine (C=N–C) groups is 1.